The van der Waals surface area contributed by atoms with Crippen LogP contribution in [0.25, 0.3) is 0 Å². The van der Waals surface area contributed by atoms with E-state index in [0.29, 0.717) is 6.54 Å². The molecule has 0 spiro atoms. The number of hydrogen-bond acceptors (Lipinski definition) is 4. The van der Waals surface area contributed by atoms with E-state index >= 15 is 0 Å². The van der Waals surface area contributed by atoms with Gasteiger partial charge >= 0.3 is 0 Å². The van der Waals surface area contributed by atoms with Crippen molar-refractivity contribution in [1.29, 1.82) is 0 Å². The maximum Gasteiger partial charge on any atom is 0.240 e. The molecule has 1 rings (SSSR count). The van der Waals surface area contributed by atoms with Gasteiger partial charge in [-0.05, 0) is 39.2 Å². The predicted octanol–water partition coefficient (Wildman–Crippen LogP) is 0.590. The fraction of sp³-hybridized carbons (Fsp3) is 0.667. The van der Waals surface area contributed by atoms with Gasteiger partial charge in [-0.25, -0.2) is 8.42 Å². The largest absolute Gasteiger partial charge is 0.355 e. The monoisotopic (exact) mass is 287 g/mol. The molecule has 0 aliphatic carbocycles. The molecule has 1 heterocycles. The molecule has 0 radical (unpaired) electrons. The topological polar surface area (TPSA) is 91.9 Å². The Hall–Kier alpha value is -1.37. The number of sulfone groups is 1. The molecule has 0 saturated carbocycles. The van der Waals surface area contributed by atoms with Crippen LogP contribution in [0.1, 0.15) is 31.5 Å². The lowest BCUT2D eigenvalue weighted by molar-refractivity contribution is -0.122. The fourth-order valence-corrected chi connectivity index (χ4v) is 1.90. The summed E-state index contributed by atoms with van der Waals surface area (Å²) >= 11 is 0. The number of carbonyl (C=O) groups excluding carboxylic acids is 1. The molecular weight excluding hydrogens is 266 g/mol. The number of amides is 1. The summed E-state index contributed by atoms with van der Waals surface area (Å²) in [5.74, 6) is -0.459. The van der Waals surface area contributed by atoms with Crippen molar-refractivity contribution in [2.24, 2.45) is 0 Å². The minimum Gasteiger partial charge on any atom is -0.355 e. The number of nitrogens with zero attached hydrogens (tertiary/aromatic N) is 1. The van der Waals surface area contributed by atoms with E-state index in [-0.39, 0.29) is 0 Å². The summed E-state index contributed by atoms with van der Waals surface area (Å²) in [5, 5.41) is 9.42. The zero-order chi connectivity index (χ0) is 14.7. The molecule has 0 aromatic carbocycles. The summed E-state index contributed by atoms with van der Waals surface area (Å²) in [6.45, 7) is 5.21. The molecule has 0 fully saturated rings. The van der Waals surface area contributed by atoms with Crippen LogP contribution >= 0.6 is 0 Å². The van der Waals surface area contributed by atoms with Gasteiger partial charge in [0.1, 0.15) is 4.75 Å². The second-order valence-corrected chi connectivity index (χ2v) is 7.73. The first-order valence-corrected chi connectivity index (χ1v) is 8.02. The van der Waals surface area contributed by atoms with Crippen molar-refractivity contribution in [2.75, 3.05) is 12.8 Å². The van der Waals surface area contributed by atoms with E-state index in [0.717, 1.165) is 30.4 Å². The minimum absolute atomic E-state index is 0.447. The van der Waals surface area contributed by atoms with Crippen LogP contribution in [0.2, 0.25) is 0 Å². The lowest BCUT2D eigenvalue weighted by Gasteiger charge is -2.21. The number of hydrogen-bond donors (Lipinski definition) is 2. The molecule has 1 aromatic heterocycles. The summed E-state index contributed by atoms with van der Waals surface area (Å²) in [5.41, 5.74) is 2.12. The second-order valence-electron chi connectivity index (χ2n) is 5.16. The molecule has 6 nitrogen and oxygen atoms in total. The highest BCUT2D eigenvalue weighted by Crippen LogP contribution is 2.15. The predicted molar refractivity (Wildman–Crippen MR) is 73.6 cm³/mol. The highest BCUT2D eigenvalue weighted by molar-refractivity contribution is 7.92. The van der Waals surface area contributed by atoms with E-state index in [1.807, 2.05) is 6.92 Å². The van der Waals surface area contributed by atoms with Crippen LogP contribution in [0.15, 0.2) is 6.20 Å². The summed E-state index contributed by atoms with van der Waals surface area (Å²) in [7, 11) is -3.42. The second kappa shape index (κ2) is 5.73. The Labute approximate surface area is 113 Å². The van der Waals surface area contributed by atoms with Crippen LogP contribution in [0.5, 0.6) is 0 Å². The van der Waals surface area contributed by atoms with Gasteiger partial charge in [0.05, 0.1) is 6.20 Å². The third-order valence-corrected chi connectivity index (χ3v) is 5.36. The zero-order valence-electron chi connectivity index (χ0n) is 11.8. The number of aryl methyl sites for hydroxylation is 2. The number of rotatable bonds is 6. The van der Waals surface area contributed by atoms with Gasteiger partial charge in [0.2, 0.25) is 5.91 Å². The SMILES string of the molecule is Cc1[nH]ncc1CCCNC(=O)C(C)(C)S(C)(=O)=O. The molecule has 19 heavy (non-hydrogen) atoms. The van der Waals surface area contributed by atoms with Gasteiger partial charge in [-0.3, -0.25) is 9.89 Å². The lowest BCUT2D eigenvalue weighted by Crippen LogP contribution is -2.47. The van der Waals surface area contributed by atoms with Crippen molar-refractivity contribution in [1.82, 2.24) is 15.5 Å². The smallest absolute Gasteiger partial charge is 0.240 e. The van der Waals surface area contributed by atoms with E-state index in [9.17, 15) is 13.2 Å². The van der Waals surface area contributed by atoms with Crippen molar-refractivity contribution < 1.29 is 13.2 Å². The average Bonchev–Trinajstić information content (AvgIpc) is 2.68. The van der Waals surface area contributed by atoms with Crippen molar-refractivity contribution in [3.8, 4) is 0 Å². The third-order valence-electron chi connectivity index (χ3n) is 3.32. The maximum absolute atomic E-state index is 11.8. The molecule has 0 aliphatic heterocycles. The Kier molecular flexibility index (Phi) is 4.73. The van der Waals surface area contributed by atoms with Crippen LogP contribution in [-0.4, -0.2) is 42.1 Å². The molecule has 0 bridgehead atoms. The maximum atomic E-state index is 11.8. The van der Waals surface area contributed by atoms with Gasteiger partial charge in [0, 0.05) is 18.5 Å². The van der Waals surface area contributed by atoms with E-state index in [1.165, 1.54) is 13.8 Å². The standard InChI is InChI=1S/C12H21N3O3S/c1-9-10(8-14-15-9)6-5-7-13-11(16)12(2,3)19(4,17)18/h8H,5-7H2,1-4H3,(H,13,16)(H,14,15). The summed E-state index contributed by atoms with van der Waals surface area (Å²) in [4.78, 5) is 11.8. The number of H-pyrrole nitrogens is 1. The highest BCUT2D eigenvalue weighted by atomic mass is 32.2. The van der Waals surface area contributed by atoms with Crippen LogP contribution < -0.4 is 5.32 Å². The van der Waals surface area contributed by atoms with E-state index in [4.69, 9.17) is 0 Å². The summed E-state index contributed by atoms with van der Waals surface area (Å²) < 4.78 is 21.6. The molecule has 0 saturated heterocycles. The van der Waals surface area contributed by atoms with Crippen molar-refractivity contribution >= 4 is 15.7 Å². The molecule has 2 N–H and O–H groups in total. The van der Waals surface area contributed by atoms with Gasteiger partial charge in [-0.15, -0.1) is 0 Å². The molecule has 1 aromatic rings. The number of aromatic amines is 1. The average molecular weight is 287 g/mol. The summed E-state index contributed by atoms with van der Waals surface area (Å²) in [6.07, 6.45) is 4.37. The minimum atomic E-state index is -3.42. The van der Waals surface area contributed by atoms with Gasteiger partial charge in [-0.2, -0.15) is 5.10 Å². The highest BCUT2D eigenvalue weighted by Gasteiger charge is 2.37. The normalized spacial score (nSPS) is 12.4. The van der Waals surface area contributed by atoms with Crippen LogP contribution in [0, 0.1) is 6.92 Å². The molecule has 0 atom stereocenters. The van der Waals surface area contributed by atoms with Gasteiger partial charge < -0.3 is 5.32 Å². The van der Waals surface area contributed by atoms with E-state index in [1.54, 1.807) is 6.20 Å². The Morgan fingerprint density at radius 3 is 2.58 bits per heavy atom. The fourth-order valence-electron chi connectivity index (χ4n) is 1.49. The van der Waals surface area contributed by atoms with E-state index in [2.05, 4.69) is 15.5 Å². The zero-order valence-corrected chi connectivity index (χ0v) is 12.6. The van der Waals surface area contributed by atoms with Crippen LogP contribution in [0.4, 0.5) is 0 Å². The van der Waals surface area contributed by atoms with Gasteiger partial charge in [-0.1, -0.05) is 0 Å². The van der Waals surface area contributed by atoms with Crippen molar-refractivity contribution in [3.63, 3.8) is 0 Å². The van der Waals surface area contributed by atoms with Crippen molar-refractivity contribution in [3.05, 3.63) is 17.5 Å². The van der Waals surface area contributed by atoms with Crippen LogP contribution in [-0.2, 0) is 21.1 Å². The Morgan fingerprint density at radius 2 is 2.11 bits per heavy atom. The molecular formula is C12H21N3O3S. The first-order valence-electron chi connectivity index (χ1n) is 6.13. The lowest BCUT2D eigenvalue weighted by atomic mass is 10.1. The Balaban J connectivity index is 2.42. The molecule has 108 valence electrons. The van der Waals surface area contributed by atoms with E-state index < -0.39 is 20.5 Å². The summed E-state index contributed by atoms with van der Waals surface area (Å²) in [6, 6.07) is 0. The molecule has 0 unspecified atom stereocenters. The molecule has 1 amide bonds. The first-order chi connectivity index (χ1) is 8.66. The number of aromatic nitrogens is 2. The van der Waals surface area contributed by atoms with Gasteiger partial charge in [0.15, 0.2) is 9.84 Å². The Bertz CT molecular complexity index is 546. The Morgan fingerprint density at radius 1 is 1.47 bits per heavy atom. The van der Waals surface area contributed by atoms with Gasteiger partial charge in [0.25, 0.3) is 0 Å². The molecule has 0 aliphatic rings. The number of nitrogens with one attached hydrogen (secondary N) is 2. The number of carbonyl (C=O) groups is 1. The third kappa shape index (κ3) is 3.79. The van der Waals surface area contributed by atoms with Crippen molar-refractivity contribution in [2.45, 2.75) is 38.4 Å². The molecule has 7 heteroatoms. The first kappa shape index (κ1) is 15.7. The quantitative estimate of drug-likeness (QED) is 0.749. The van der Waals surface area contributed by atoms with Crippen LogP contribution in [0.3, 0.4) is 0 Å².